The molecule has 0 bridgehead atoms. The molecule has 0 radical (unpaired) electrons. The van der Waals surface area contributed by atoms with E-state index in [0.717, 1.165) is 30.7 Å². The minimum Gasteiger partial charge on any atom is -0.492 e. The van der Waals surface area contributed by atoms with Crippen LogP contribution in [0.15, 0.2) is 18.2 Å². The molecule has 0 spiro atoms. The minimum atomic E-state index is -0.272. The monoisotopic (exact) mass is 221 g/mol. The average Bonchev–Trinajstić information content (AvgIpc) is 2.60. The van der Waals surface area contributed by atoms with Crippen LogP contribution in [0.1, 0.15) is 23.7 Å². The number of hydrogen-bond acceptors (Lipinski definition) is 3. The van der Waals surface area contributed by atoms with Gasteiger partial charge in [-0.25, -0.2) is 0 Å². The van der Waals surface area contributed by atoms with Crippen LogP contribution in [-0.4, -0.2) is 37.3 Å². The topological polar surface area (TPSA) is 32.7 Å². The van der Waals surface area contributed by atoms with Gasteiger partial charge in [-0.1, -0.05) is 6.07 Å². The second-order valence-electron chi connectivity index (χ2n) is 4.57. The van der Waals surface area contributed by atoms with Gasteiger partial charge in [0.05, 0.1) is 6.10 Å². The van der Waals surface area contributed by atoms with Gasteiger partial charge in [0.2, 0.25) is 0 Å². The molecule has 2 rings (SSSR count). The Labute approximate surface area is 96.6 Å². The van der Waals surface area contributed by atoms with Crippen LogP contribution in [-0.2, 0) is 6.42 Å². The Balaban J connectivity index is 1.97. The van der Waals surface area contributed by atoms with Crippen molar-refractivity contribution in [3.63, 3.8) is 0 Å². The molecule has 1 aliphatic rings. The smallest absolute Gasteiger partial charge is 0.119 e. The van der Waals surface area contributed by atoms with Gasteiger partial charge in [-0.15, -0.1) is 0 Å². The number of benzene rings is 1. The van der Waals surface area contributed by atoms with Crippen molar-refractivity contribution in [3.8, 4) is 5.75 Å². The molecule has 0 amide bonds. The van der Waals surface area contributed by atoms with Crippen LogP contribution < -0.4 is 4.74 Å². The lowest BCUT2D eigenvalue weighted by atomic mass is 10.1. The van der Waals surface area contributed by atoms with Crippen molar-refractivity contribution in [2.24, 2.45) is 0 Å². The summed E-state index contributed by atoms with van der Waals surface area (Å²) in [6.45, 7) is 1.62. The summed E-state index contributed by atoms with van der Waals surface area (Å²) in [5, 5.41) is 9.67. The molecule has 16 heavy (non-hydrogen) atoms. The van der Waals surface area contributed by atoms with Crippen molar-refractivity contribution in [2.45, 2.75) is 18.9 Å². The van der Waals surface area contributed by atoms with E-state index < -0.39 is 0 Å². The fourth-order valence-corrected chi connectivity index (χ4v) is 2.01. The fourth-order valence-electron chi connectivity index (χ4n) is 2.01. The van der Waals surface area contributed by atoms with E-state index in [1.54, 1.807) is 0 Å². The molecule has 0 unspecified atom stereocenters. The Kier molecular flexibility index (Phi) is 3.46. The van der Waals surface area contributed by atoms with E-state index in [9.17, 15) is 5.11 Å². The second-order valence-corrected chi connectivity index (χ2v) is 4.57. The molecule has 0 heterocycles. The zero-order valence-electron chi connectivity index (χ0n) is 9.94. The maximum atomic E-state index is 9.67. The van der Waals surface area contributed by atoms with E-state index in [1.165, 1.54) is 5.56 Å². The van der Waals surface area contributed by atoms with Crippen LogP contribution in [0.25, 0.3) is 0 Å². The quantitative estimate of drug-likeness (QED) is 0.838. The Morgan fingerprint density at radius 3 is 3.00 bits per heavy atom. The number of rotatable bonds is 4. The third-order valence-corrected chi connectivity index (χ3v) is 2.97. The molecule has 0 aromatic heterocycles. The van der Waals surface area contributed by atoms with Crippen molar-refractivity contribution in [3.05, 3.63) is 29.3 Å². The second kappa shape index (κ2) is 4.85. The molecule has 1 N–H and O–H groups in total. The Hall–Kier alpha value is -1.06. The predicted molar refractivity (Wildman–Crippen MR) is 63.8 cm³/mol. The van der Waals surface area contributed by atoms with E-state index in [4.69, 9.17) is 4.74 Å². The van der Waals surface area contributed by atoms with Crippen LogP contribution >= 0.6 is 0 Å². The first-order valence-corrected chi connectivity index (χ1v) is 5.75. The zero-order chi connectivity index (χ0) is 11.5. The first-order valence-electron chi connectivity index (χ1n) is 5.75. The number of hydrogen-bond donors (Lipinski definition) is 1. The van der Waals surface area contributed by atoms with Crippen molar-refractivity contribution in [1.82, 2.24) is 4.90 Å². The van der Waals surface area contributed by atoms with Crippen molar-refractivity contribution < 1.29 is 9.84 Å². The largest absolute Gasteiger partial charge is 0.492 e. The highest BCUT2D eigenvalue weighted by molar-refractivity contribution is 5.39. The van der Waals surface area contributed by atoms with E-state index in [-0.39, 0.29) is 6.10 Å². The van der Waals surface area contributed by atoms with Gasteiger partial charge in [0, 0.05) is 6.54 Å². The molecule has 0 saturated carbocycles. The average molecular weight is 221 g/mol. The first kappa shape index (κ1) is 11.4. The minimum absolute atomic E-state index is 0.272. The highest BCUT2D eigenvalue weighted by Gasteiger charge is 2.20. The highest BCUT2D eigenvalue weighted by atomic mass is 16.5. The summed E-state index contributed by atoms with van der Waals surface area (Å²) in [7, 11) is 4.06. The summed E-state index contributed by atoms with van der Waals surface area (Å²) in [6, 6.07) is 5.99. The standard InChI is InChI=1S/C13H19NO2/c1-14(2)7-8-16-11-4-5-12-10(9-11)3-6-13(12)15/h4-5,9,13,15H,3,6-8H2,1-2H3/t13-/m1/s1. The number of nitrogens with zero attached hydrogens (tertiary/aromatic N) is 1. The molecule has 88 valence electrons. The molecular formula is C13H19NO2. The van der Waals surface area contributed by atoms with Gasteiger partial charge in [-0.3, -0.25) is 0 Å². The van der Waals surface area contributed by atoms with E-state index in [2.05, 4.69) is 11.0 Å². The number of aryl methyl sites for hydroxylation is 1. The number of likely N-dealkylation sites (N-methyl/N-ethyl adjacent to an activating group) is 1. The predicted octanol–water partition coefficient (Wildman–Crippen LogP) is 1.61. The summed E-state index contributed by atoms with van der Waals surface area (Å²) >= 11 is 0. The van der Waals surface area contributed by atoms with E-state index in [0.29, 0.717) is 6.61 Å². The molecule has 0 fully saturated rings. The van der Waals surface area contributed by atoms with Crippen LogP contribution in [0.4, 0.5) is 0 Å². The SMILES string of the molecule is CN(C)CCOc1ccc2c(c1)CC[C@H]2O. The third kappa shape index (κ3) is 2.54. The molecule has 1 atom stereocenters. The molecule has 1 aliphatic carbocycles. The molecule has 1 aromatic rings. The van der Waals surface area contributed by atoms with Crippen molar-refractivity contribution >= 4 is 0 Å². The lowest BCUT2D eigenvalue weighted by molar-refractivity contribution is 0.180. The fraction of sp³-hybridized carbons (Fsp3) is 0.538. The summed E-state index contributed by atoms with van der Waals surface area (Å²) in [4.78, 5) is 2.09. The van der Waals surface area contributed by atoms with Crippen LogP contribution in [0.5, 0.6) is 5.75 Å². The van der Waals surface area contributed by atoms with Crippen LogP contribution in [0.3, 0.4) is 0 Å². The number of ether oxygens (including phenoxy) is 1. The van der Waals surface area contributed by atoms with Gasteiger partial charge in [-0.05, 0) is 50.2 Å². The van der Waals surface area contributed by atoms with Crippen LogP contribution in [0, 0.1) is 0 Å². The Bertz CT molecular complexity index is 363. The number of aliphatic hydroxyl groups is 1. The van der Waals surface area contributed by atoms with Gasteiger partial charge in [-0.2, -0.15) is 0 Å². The molecule has 0 aliphatic heterocycles. The highest BCUT2D eigenvalue weighted by Crippen LogP contribution is 2.33. The van der Waals surface area contributed by atoms with Gasteiger partial charge >= 0.3 is 0 Å². The normalized spacial score (nSPS) is 18.9. The third-order valence-electron chi connectivity index (χ3n) is 2.97. The van der Waals surface area contributed by atoms with Gasteiger partial charge < -0.3 is 14.7 Å². The zero-order valence-corrected chi connectivity index (χ0v) is 9.94. The molecular weight excluding hydrogens is 202 g/mol. The summed E-state index contributed by atoms with van der Waals surface area (Å²) < 4.78 is 5.65. The van der Waals surface area contributed by atoms with E-state index in [1.807, 2.05) is 26.2 Å². The maximum Gasteiger partial charge on any atom is 0.119 e. The number of aliphatic hydroxyl groups excluding tert-OH is 1. The Morgan fingerprint density at radius 2 is 2.25 bits per heavy atom. The lowest BCUT2D eigenvalue weighted by Crippen LogP contribution is -2.19. The molecule has 1 aromatic carbocycles. The molecule has 3 nitrogen and oxygen atoms in total. The maximum absolute atomic E-state index is 9.67. The van der Waals surface area contributed by atoms with Gasteiger partial charge in [0.1, 0.15) is 12.4 Å². The Morgan fingerprint density at radius 1 is 1.44 bits per heavy atom. The van der Waals surface area contributed by atoms with Crippen LogP contribution in [0.2, 0.25) is 0 Å². The summed E-state index contributed by atoms with van der Waals surface area (Å²) in [5.74, 6) is 0.912. The summed E-state index contributed by atoms with van der Waals surface area (Å²) in [5.41, 5.74) is 2.30. The van der Waals surface area contributed by atoms with Gasteiger partial charge in [0.15, 0.2) is 0 Å². The lowest BCUT2D eigenvalue weighted by Gasteiger charge is -2.12. The van der Waals surface area contributed by atoms with Gasteiger partial charge in [0.25, 0.3) is 0 Å². The summed E-state index contributed by atoms with van der Waals surface area (Å²) in [6.07, 6.45) is 1.53. The van der Waals surface area contributed by atoms with E-state index >= 15 is 0 Å². The van der Waals surface area contributed by atoms with Crippen molar-refractivity contribution in [2.75, 3.05) is 27.2 Å². The molecule has 3 heteroatoms. The number of fused-ring (bicyclic) bond motifs is 1. The van der Waals surface area contributed by atoms with Crippen molar-refractivity contribution in [1.29, 1.82) is 0 Å². The first-order chi connectivity index (χ1) is 7.66. The molecule has 0 saturated heterocycles.